The molecule has 1 aliphatic carbocycles. The summed E-state index contributed by atoms with van der Waals surface area (Å²) in [5.74, 6) is 1.81. The average Bonchev–Trinajstić information content (AvgIpc) is 3.40. The number of benzene rings is 1. The first-order valence-corrected chi connectivity index (χ1v) is 10.3. The first-order chi connectivity index (χ1) is 14.3. The van der Waals surface area contributed by atoms with E-state index >= 15 is 0 Å². The van der Waals surface area contributed by atoms with Gasteiger partial charge in [0.2, 0.25) is 0 Å². The van der Waals surface area contributed by atoms with E-state index in [1.54, 1.807) is 6.33 Å². The number of aromatic nitrogens is 3. The predicted octanol–water partition coefficient (Wildman–Crippen LogP) is 3.41. The molecule has 1 N–H and O–H groups in total. The van der Waals surface area contributed by atoms with Crippen LogP contribution >= 0.6 is 0 Å². The highest BCUT2D eigenvalue weighted by Gasteiger charge is 2.45. The number of rotatable bonds is 7. The standard InChI is InChI=1S/C22H26N4O3/c1-2-27-14-22(5-6-22)29-16-3-4-19-17(11-16)18(13-23-19)20-12-21(25-15-24-20)26-7-9-28-10-8-26/h3-4,11-13,15,23H,2,5-10,14H2,1H3. The molecule has 7 heteroatoms. The fourth-order valence-electron chi connectivity index (χ4n) is 3.79. The number of hydrogen-bond acceptors (Lipinski definition) is 6. The molecule has 0 bridgehead atoms. The minimum Gasteiger partial charge on any atom is -0.485 e. The van der Waals surface area contributed by atoms with E-state index in [0.29, 0.717) is 13.2 Å². The fourth-order valence-corrected chi connectivity index (χ4v) is 3.79. The molecule has 0 unspecified atom stereocenters. The number of H-pyrrole nitrogens is 1. The largest absolute Gasteiger partial charge is 0.485 e. The molecule has 1 aliphatic heterocycles. The molecule has 1 saturated carbocycles. The van der Waals surface area contributed by atoms with Crippen LogP contribution in [0, 0.1) is 0 Å². The lowest BCUT2D eigenvalue weighted by Gasteiger charge is -2.27. The van der Waals surface area contributed by atoms with Crippen LogP contribution in [0.2, 0.25) is 0 Å². The van der Waals surface area contributed by atoms with Gasteiger partial charge in [-0.1, -0.05) is 0 Å². The zero-order valence-corrected chi connectivity index (χ0v) is 16.7. The first kappa shape index (κ1) is 18.4. The van der Waals surface area contributed by atoms with Crippen molar-refractivity contribution in [3.8, 4) is 17.0 Å². The molecule has 0 amide bonds. The highest BCUT2D eigenvalue weighted by Crippen LogP contribution is 2.41. The molecule has 2 aliphatic rings. The van der Waals surface area contributed by atoms with Crippen LogP contribution in [0.25, 0.3) is 22.2 Å². The zero-order valence-electron chi connectivity index (χ0n) is 16.7. The molecular formula is C22H26N4O3. The molecule has 152 valence electrons. The van der Waals surface area contributed by atoms with E-state index in [9.17, 15) is 0 Å². The molecule has 0 atom stereocenters. The molecule has 0 spiro atoms. The van der Waals surface area contributed by atoms with Crippen molar-refractivity contribution in [3.63, 3.8) is 0 Å². The minimum absolute atomic E-state index is 0.154. The van der Waals surface area contributed by atoms with Crippen molar-refractivity contribution >= 4 is 16.7 Å². The highest BCUT2D eigenvalue weighted by molar-refractivity contribution is 5.95. The molecule has 3 heterocycles. The van der Waals surface area contributed by atoms with Gasteiger partial charge in [0.25, 0.3) is 0 Å². The molecule has 3 aromatic rings. The Kier molecular flexibility index (Phi) is 4.85. The Morgan fingerprint density at radius 2 is 2.03 bits per heavy atom. The summed E-state index contributed by atoms with van der Waals surface area (Å²) in [6.45, 7) is 6.55. The van der Waals surface area contributed by atoms with Crippen LogP contribution in [0.5, 0.6) is 5.75 Å². The van der Waals surface area contributed by atoms with Crippen molar-refractivity contribution in [1.29, 1.82) is 0 Å². The normalized spacial score (nSPS) is 18.2. The Morgan fingerprint density at radius 3 is 2.83 bits per heavy atom. The van der Waals surface area contributed by atoms with Gasteiger partial charge in [-0.3, -0.25) is 0 Å². The van der Waals surface area contributed by atoms with E-state index in [2.05, 4.69) is 38.1 Å². The number of anilines is 1. The summed E-state index contributed by atoms with van der Waals surface area (Å²) in [7, 11) is 0. The van der Waals surface area contributed by atoms with Gasteiger partial charge in [-0.25, -0.2) is 9.97 Å². The van der Waals surface area contributed by atoms with E-state index in [0.717, 1.165) is 72.9 Å². The van der Waals surface area contributed by atoms with Crippen molar-refractivity contribution in [1.82, 2.24) is 15.0 Å². The Labute approximate surface area is 170 Å². The Hall–Kier alpha value is -2.64. The van der Waals surface area contributed by atoms with E-state index < -0.39 is 0 Å². The number of nitrogens with one attached hydrogen (secondary N) is 1. The number of nitrogens with zero attached hydrogens (tertiary/aromatic N) is 3. The van der Waals surface area contributed by atoms with Crippen molar-refractivity contribution in [2.45, 2.75) is 25.4 Å². The molecule has 1 aromatic carbocycles. The maximum Gasteiger partial charge on any atom is 0.132 e. The van der Waals surface area contributed by atoms with Crippen LogP contribution < -0.4 is 9.64 Å². The molecule has 5 rings (SSSR count). The quantitative estimate of drug-likeness (QED) is 0.662. The van der Waals surface area contributed by atoms with Crippen molar-refractivity contribution in [2.75, 3.05) is 44.4 Å². The van der Waals surface area contributed by atoms with Gasteiger partial charge >= 0.3 is 0 Å². The lowest BCUT2D eigenvalue weighted by atomic mass is 10.1. The highest BCUT2D eigenvalue weighted by atomic mass is 16.5. The van der Waals surface area contributed by atoms with Gasteiger partial charge in [0.15, 0.2) is 0 Å². The SMILES string of the molecule is CCOCC1(Oc2ccc3[nH]cc(-c4cc(N5CCOCC5)ncn4)c3c2)CC1. The van der Waals surface area contributed by atoms with Gasteiger partial charge in [-0.05, 0) is 38.0 Å². The monoisotopic (exact) mass is 394 g/mol. The topological polar surface area (TPSA) is 72.5 Å². The van der Waals surface area contributed by atoms with E-state index in [4.69, 9.17) is 14.2 Å². The van der Waals surface area contributed by atoms with E-state index in [1.165, 1.54) is 0 Å². The van der Waals surface area contributed by atoms with E-state index in [-0.39, 0.29) is 5.60 Å². The van der Waals surface area contributed by atoms with Crippen molar-refractivity contribution < 1.29 is 14.2 Å². The zero-order chi connectivity index (χ0) is 19.7. The maximum absolute atomic E-state index is 6.31. The second kappa shape index (κ2) is 7.65. The van der Waals surface area contributed by atoms with Crippen LogP contribution in [-0.2, 0) is 9.47 Å². The summed E-state index contributed by atoms with van der Waals surface area (Å²) in [5, 5.41) is 1.10. The Balaban J connectivity index is 1.43. The number of morpholine rings is 1. The van der Waals surface area contributed by atoms with E-state index in [1.807, 2.05) is 19.2 Å². The number of fused-ring (bicyclic) bond motifs is 1. The van der Waals surface area contributed by atoms with Gasteiger partial charge in [-0.15, -0.1) is 0 Å². The number of hydrogen-bond donors (Lipinski definition) is 1. The molecule has 29 heavy (non-hydrogen) atoms. The third-order valence-corrected chi connectivity index (χ3v) is 5.63. The third-order valence-electron chi connectivity index (χ3n) is 5.63. The van der Waals surface area contributed by atoms with Crippen LogP contribution in [0.15, 0.2) is 36.8 Å². The number of ether oxygens (including phenoxy) is 3. The van der Waals surface area contributed by atoms with Gasteiger partial charge < -0.3 is 24.1 Å². The summed E-state index contributed by atoms with van der Waals surface area (Å²) >= 11 is 0. The van der Waals surface area contributed by atoms with Crippen molar-refractivity contribution in [3.05, 3.63) is 36.8 Å². The molecular weight excluding hydrogens is 368 g/mol. The van der Waals surface area contributed by atoms with Crippen molar-refractivity contribution in [2.24, 2.45) is 0 Å². The van der Waals surface area contributed by atoms with Gasteiger partial charge in [0.05, 0.1) is 25.5 Å². The molecule has 1 saturated heterocycles. The predicted molar refractivity (Wildman–Crippen MR) is 111 cm³/mol. The second-order valence-corrected chi connectivity index (χ2v) is 7.69. The summed E-state index contributed by atoms with van der Waals surface area (Å²) < 4.78 is 17.4. The van der Waals surface area contributed by atoms with Crippen LogP contribution in [-0.4, -0.2) is 60.1 Å². The molecule has 7 nitrogen and oxygen atoms in total. The van der Waals surface area contributed by atoms with Crippen LogP contribution in [0.4, 0.5) is 5.82 Å². The second-order valence-electron chi connectivity index (χ2n) is 7.69. The first-order valence-electron chi connectivity index (χ1n) is 10.3. The summed E-state index contributed by atoms with van der Waals surface area (Å²) in [6.07, 6.45) is 5.73. The lowest BCUT2D eigenvalue weighted by Crippen LogP contribution is -2.36. The summed E-state index contributed by atoms with van der Waals surface area (Å²) in [4.78, 5) is 14.6. The molecule has 2 fully saturated rings. The molecule has 0 radical (unpaired) electrons. The minimum atomic E-state index is -0.154. The fraction of sp³-hybridized carbons (Fsp3) is 0.455. The Bertz CT molecular complexity index is 993. The van der Waals surface area contributed by atoms with Gasteiger partial charge in [-0.2, -0.15) is 0 Å². The maximum atomic E-state index is 6.31. The van der Waals surface area contributed by atoms with Gasteiger partial charge in [0, 0.05) is 48.4 Å². The molecule has 2 aromatic heterocycles. The summed E-state index contributed by atoms with van der Waals surface area (Å²) in [5.41, 5.74) is 2.87. The van der Waals surface area contributed by atoms with Crippen LogP contribution in [0.1, 0.15) is 19.8 Å². The summed E-state index contributed by atoms with van der Waals surface area (Å²) in [6, 6.07) is 8.24. The smallest absolute Gasteiger partial charge is 0.132 e. The third kappa shape index (κ3) is 3.80. The Morgan fingerprint density at radius 1 is 1.17 bits per heavy atom. The average molecular weight is 394 g/mol. The van der Waals surface area contributed by atoms with Crippen LogP contribution in [0.3, 0.4) is 0 Å². The lowest BCUT2D eigenvalue weighted by molar-refractivity contribution is 0.0415. The van der Waals surface area contributed by atoms with Gasteiger partial charge in [0.1, 0.15) is 23.5 Å². The number of aromatic amines is 1.